The second-order valence-corrected chi connectivity index (χ2v) is 5.15. The van der Waals surface area contributed by atoms with Crippen LogP contribution in [0.15, 0.2) is 54.9 Å². The number of nitrogens with zero attached hydrogens (tertiary/aromatic N) is 1. The van der Waals surface area contributed by atoms with Crippen LogP contribution in [0.4, 0.5) is 0 Å². The van der Waals surface area contributed by atoms with E-state index in [1.54, 1.807) is 0 Å². The van der Waals surface area contributed by atoms with Crippen LogP contribution in [0.5, 0.6) is 0 Å². The van der Waals surface area contributed by atoms with Crippen LogP contribution in [0.3, 0.4) is 0 Å². The van der Waals surface area contributed by atoms with Crippen molar-refractivity contribution in [3.63, 3.8) is 0 Å². The number of rotatable bonds is 6. The molecule has 2 aromatic rings. The Morgan fingerprint density at radius 2 is 1.67 bits per heavy atom. The predicted molar refractivity (Wildman–Crippen MR) is 77.0 cm³/mol. The number of hydrogen-bond donors (Lipinski definition) is 0. The van der Waals surface area contributed by atoms with Gasteiger partial charge in [0.2, 0.25) is 0 Å². The minimum absolute atomic E-state index is 0.219. The van der Waals surface area contributed by atoms with Crippen LogP contribution in [0.2, 0.25) is 0 Å². The molecule has 0 bridgehead atoms. The molecule has 1 nitrogen and oxygen atoms in total. The molecule has 1 aromatic heterocycles. The van der Waals surface area contributed by atoms with E-state index in [9.17, 15) is 0 Å². The van der Waals surface area contributed by atoms with Crippen molar-refractivity contribution < 1.29 is 0 Å². The van der Waals surface area contributed by atoms with Gasteiger partial charge in [0.05, 0.1) is 0 Å². The van der Waals surface area contributed by atoms with Crippen molar-refractivity contribution in [3.05, 3.63) is 66.0 Å². The third-order valence-corrected chi connectivity index (χ3v) is 3.40. The fourth-order valence-electron chi connectivity index (χ4n) is 2.05. The van der Waals surface area contributed by atoms with Gasteiger partial charge in [0.25, 0.3) is 0 Å². The maximum Gasteiger partial charge on any atom is 0.0376 e. The normalized spacial score (nSPS) is 12.3. The highest BCUT2D eigenvalue weighted by atomic mass is 35.5. The van der Waals surface area contributed by atoms with Gasteiger partial charge in [-0.25, -0.2) is 0 Å². The summed E-state index contributed by atoms with van der Waals surface area (Å²) >= 11 is 6.36. The molecule has 1 unspecified atom stereocenters. The summed E-state index contributed by atoms with van der Waals surface area (Å²) in [5.41, 5.74) is 2.66. The number of pyridine rings is 1. The van der Waals surface area contributed by atoms with E-state index < -0.39 is 0 Å². The van der Waals surface area contributed by atoms with E-state index in [1.165, 1.54) is 11.1 Å². The molecule has 18 heavy (non-hydrogen) atoms. The van der Waals surface area contributed by atoms with Crippen molar-refractivity contribution in [2.75, 3.05) is 0 Å². The molecule has 0 aliphatic rings. The van der Waals surface area contributed by atoms with Crippen LogP contribution in [0.1, 0.15) is 24.0 Å². The Kier molecular flexibility index (Phi) is 5.22. The molecule has 2 heteroatoms. The van der Waals surface area contributed by atoms with Crippen LogP contribution in [0, 0.1) is 0 Å². The smallest absolute Gasteiger partial charge is 0.0376 e. The fraction of sp³-hybridized carbons (Fsp3) is 0.312. The molecule has 94 valence electrons. The lowest BCUT2D eigenvalue weighted by Gasteiger charge is -2.09. The van der Waals surface area contributed by atoms with Crippen LogP contribution in [-0.2, 0) is 12.8 Å². The average Bonchev–Trinajstić information content (AvgIpc) is 2.41. The molecular formula is C16H18ClN. The molecule has 0 fully saturated rings. The zero-order valence-electron chi connectivity index (χ0n) is 10.4. The standard InChI is InChI=1S/C16H18ClN/c17-16(13-15-9-11-18-12-10-15)8-4-7-14-5-2-1-3-6-14/h1-3,5-6,9-12,16H,4,7-8,13H2. The Balaban J connectivity index is 1.71. The maximum atomic E-state index is 6.36. The van der Waals surface area contributed by atoms with Gasteiger partial charge in [0.1, 0.15) is 0 Å². The van der Waals surface area contributed by atoms with E-state index in [-0.39, 0.29) is 5.38 Å². The fourth-order valence-corrected chi connectivity index (χ4v) is 2.38. The first-order valence-corrected chi connectivity index (χ1v) is 6.85. The van der Waals surface area contributed by atoms with Gasteiger partial charge in [-0.1, -0.05) is 30.3 Å². The number of aromatic nitrogens is 1. The highest BCUT2D eigenvalue weighted by Gasteiger charge is 2.05. The monoisotopic (exact) mass is 259 g/mol. The first kappa shape index (κ1) is 13.1. The van der Waals surface area contributed by atoms with Gasteiger partial charge in [-0.3, -0.25) is 4.98 Å². The number of halogens is 1. The quantitative estimate of drug-likeness (QED) is 0.707. The topological polar surface area (TPSA) is 12.9 Å². The summed E-state index contributed by atoms with van der Waals surface area (Å²) in [5.74, 6) is 0. The van der Waals surface area contributed by atoms with E-state index >= 15 is 0 Å². The van der Waals surface area contributed by atoms with Crippen molar-refractivity contribution >= 4 is 11.6 Å². The minimum Gasteiger partial charge on any atom is -0.265 e. The van der Waals surface area contributed by atoms with E-state index in [0.717, 1.165) is 25.7 Å². The third kappa shape index (κ3) is 4.50. The van der Waals surface area contributed by atoms with E-state index in [1.807, 2.05) is 24.5 Å². The number of benzene rings is 1. The summed E-state index contributed by atoms with van der Waals surface area (Å²) < 4.78 is 0. The highest BCUT2D eigenvalue weighted by molar-refractivity contribution is 6.20. The van der Waals surface area contributed by atoms with Crippen molar-refractivity contribution in [1.29, 1.82) is 0 Å². The van der Waals surface area contributed by atoms with Crippen molar-refractivity contribution in [2.24, 2.45) is 0 Å². The van der Waals surface area contributed by atoms with Crippen molar-refractivity contribution in [3.8, 4) is 0 Å². The van der Waals surface area contributed by atoms with Crippen molar-refractivity contribution in [2.45, 2.75) is 31.1 Å². The van der Waals surface area contributed by atoms with E-state index in [0.29, 0.717) is 0 Å². The number of alkyl halides is 1. The van der Waals surface area contributed by atoms with Crippen LogP contribution < -0.4 is 0 Å². The summed E-state index contributed by atoms with van der Waals surface area (Å²) in [6.07, 6.45) is 7.88. The summed E-state index contributed by atoms with van der Waals surface area (Å²) in [5, 5.41) is 0.219. The zero-order chi connectivity index (χ0) is 12.6. The van der Waals surface area contributed by atoms with E-state index in [4.69, 9.17) is 11.6 Å². The molecule has 2 rings (SSSR count). The second-order valence-electron chi connectivity index (χ2n) is 4.53. The Morgan fingerprint density at radius 1 is 0.944 bits per heavy atom. The molecule has 0 radical (unpaired) electrons. The van der Waals surface area contributed by atoms with Crippen molar-refractivity contribution in [1.82, 2.24) is 4.98 Å². The first-order valence-electron chi connectivity index (χ1n) is 6.41. The summed E-state index contributed by atoms with van der Waals surface area (Å²) in [7, 11) is 0. The Bertz CT molecular complexity index is 441. The Labute approximate surface area is 114 Å². The average molecular weight is 260 g/mol. The Morgan fingerprint density at radius 3 is 2.39 bits per heavy atom. The molecule has 0 aliphatic heterocycles. The van der Waals surface area contributed by atoms with Gasteiger partial charge in [-0.2, -0.15) is 0 Å². The largest absolute Gasteiger partial charge is 0.265 e. The molecule has 0 saturated heterocycles. The summed E-state index contributed by atoms with van der Waals surface area (Å²) in [6.45, 7) is 0. The molecule has 1 atom stereocenters. The van der Waals surface area contributed by atoms with Gasteiger partial charge in [0, 0.05) is 17.8 Å². The zero-order valence-corrected chi connectivity index (χ0v) is 11.2. The van der Waals surface area contributed by atoms with E-state index in [2.05, 4.69) is 35.3 Å². The lowest BCUT2D eigenvalue weighted by molar-refractivity contribution is 0.686. The molecule has 0 amide bonds. The SMILES string of the molecule is ClC(CCCc1ccccc1)Cc1ccncc1. The lowest BCUT2D eigenvalue weighted by atomic mass is 10.0. The molecule has 0 spiro atoms. The van der Waals surface area contributed by atoms with Gasteiger partial charge < -0.3 is 0 Å². The van der Waals surface area contributed by atoms with Crippen LogP contribution in [-0.4, -0.2) is 10.4 Å². The number of hydrogen-bond acceptors (Lipinski definition) is 1. The Hall–Kier alpha value is -1.34. The third-order valence-electron chi connectivity index (χ3n) is 3.03. The van der Waals surface area contributed by atoms with Crippen LogP contribution in [0.25, 0.3) is 0 Å². The van der Waals surface area contributed by atoms with Gasteiger partial charge in [-0.15, -0.1) is 11.6 Å². The highest BCUT2D eigenvalue weighted by Crippen LogP contribution is 2.14. The van der Waals surface area contributed by atoms with Gasteiger partial charge in [-0.05, 0) is 48.9 Å². The van der Waals surface area contributed by atoms with Crippen LogP contribution >= 0.6 is 11.6 Å². The second kappa shape index (κ2) is 7.17. The molecular weight excluding hydrogens is 242 g/mol. The molecule has 0 N–H and O–H groups in total. The number of aryl methyl sites for hydroxylation is 1. The molecule has 1 heterocycles. The summed E-state index contributed by atoms with van der Waals surface area (Å²) in [6, 6.07) is 14.6. The summed E-state index contributed by atoms with van der Waals surface area (Å²) in [4.78, 5) is 4.01. The predicted octanol–water partition coefficient (Wildman–Crippen LogP) is 4.25. The molecule has 1 aromatic carbocycles. The minimum atomic E-state index is 0.219. The van der Waals surface area contributed by atoms with Gasteiger partial charge in [0.15, 0.2) is 0 Å². The first-order chi connectivity index (χ1) is 8.84. The maximum absolute atomic E-state index is 6.36. The molecule has 0 aliphatic carbocycles. The lowest BCUT2D eigenvalue weighted by Crippen LogP contribution is -2.04. The van der Waals surface area contributed by atoms with Gasteiger partial charge >= 0.3 is 0 Å². The molecule has 0 saturated carbocycles.